The molecule has 0 saturated carbocycles. The van der Waals surface area contributed by atoms with E-state index in [1.165, 1.54) is 12.1 Å². The SMILES string of the molecule is C=C(C)C(NP)c1ccc(F)cc1F. The molecule has 1 aromatic rings. The van der Waals surface area contributed by atoms with Gasteiger partial charge in [-0.1, -0.05) is 27.6 Å². The van der Waals surface area contributed by atoms with E-state index in [1.807, 2.05) is 0 Å². The van der Waals surface area contributed by atoms with Crippen LogP contribution in [0.25, 0.3) is 0 Å². The lowest BCUT2D eigenvalue weighted by Gasteiger charge is -2.16. The molecule has 0 aliphatic heterocycles. The Morgan fingerprint density at radius 2 is 2.14 bits per heavy atom. The van der Waals surface area contributed by atoms with Crippen LogP contribution in [0.3, 0.4) is 0 Å². The minimum Gasteiger partial charge on any atom is -0.290 e. The second-order valence-corrected chi connectivity index (χ2v) is 3.45. The van der Waals surface area contributed by atoms with Crippen LogP contribution in [-0.2, 0) is 0 Å². The van der Waals surface area contributed by atoms with Gasteiger partial charge in [0.25, 0.3) is 0 Å². The molecule has 0 fully saturated rings. The molecule has 4 heteroatoms. The van der Waals surface area contributed by atoms with Crippen molar-refractivity contribution >= 4 is 9.39 Å². The van der Waals surface area contributed by atoms with Crippen molar-refractivity contribution in [3.63, 3.8) is 0 Å². The van der Waals surface area contributed by atoms with Crippen LogP contribution in [0.4, 0.5) is 8.78 Å². The Balaban J connectivity index is 3.10. The predicted octanol–water partition coefficient (Wildman–Crippen LogP) is 2.96. The summed E-state index contributed by atoms with van der Waals surface area (Å²) >= 11 is 0. The van der Waals surface area contributed by atoms with E-state index in [-0.39, 0.29) is 6.04 Å². The Morgan fingerprint density at radius 1 is 1.50 bits per heavy atom. The summed E-state index contributed by atoms with van der Waals surface area (Å²) in [6.07, 6.45) is 0. The zero-order valence-corrected chi connectivity index (χ0v) is 9.00. The molecular weight excluding hydrogens is 203 g/mol. The van der Waals surface area contributed by atoms with E-state index in [2.05, 4.69) is 21.1 Å². The molecule has 1 nitrogen and oxygen atoms in total. The molecule has 2 unspecified atom stereocenters. The van der Waals surface area contributed by atoms with Gasteiger partial charge in [0.05, 0.1) is 6.04 Å². The summed E-state index contributed by atoms with van der Waals surface area (Å²) in [6, 6.07) is 3.21. The molecule has 0 saturated heterocycles. The highest BCUT2D eigenvalue weighted by Crippen LogP contribution is 2.24. The van der Waals surface area contributed by atoms with Gasteiger partial charge in [0, 0.05) is 11.6 Å². The standard InChI is InChI=1S/C10H12F2NP/c1-6(2)10(13-14)8-4-3-7(11)5-9(8)12/h3-5,10,13H,1,14H2,2H3. The fraction of sp³-hybridized carbons (Fsp3) is 0.200. The topological polar surface area (TPSA) is 12.0 Å². The molecule has 0 aromatic heterocycles. The third kappa shape index (κ3) is 2.37. The molecule has 0 aliphatic rings. The van der Waals surface area contributed by atoms with E-state index in [0.717, 1.165) is 11.6 Å². The van der Waals surface area contributed by atoms with E-state index in [1.54, 1.807) is 6.92 Å². The second kappa shape index (κ2) is 4.63. The molecule has 0 aliphatic carbocycles. The third-order valence-corrected chi connectivity index (χ3v) is 2.27. The maximum absolute atomic E-state index is 13.3. The summed E-state index contributed by atoms with van der Waals surface area (Å²) in [5, 5.41) is 2.83. The van der Waals surface area contributed by atoms with Crippen molar-refractivity contribution in [3.05, 3.63) is 47.5 Å². The maximum atomic E-state index is 13.3. The first-order valence-corrected chi connectivity index (χ1v) is 4.70. The van der Waals surface area contributed by atoms with Crippen LogP contribution < -0.4 is 5.09 Å². The molecule has 1 rings (SSSR count). The number of halogens is 2. The summed E-state index contributed by atoms with van der Waals surface area (Å²) < 4.78 is 25.9. The van der Waals surface area contributed by atoms with Gasteiger partial charge in [-0.3, -0.25) is 5.09 Å². The van der Waals surface area contributed by atoms with Crippen LogP contribution in [0.1, 0.15) is 18.5 Å². The van der Waals surface area contributed by atoms with E-state index >= 15 is 0 Å². The van der Waals surface area contributed by atoms with Gasteiger partial charge >= 0.3 is 0 Å². The molecule has 1 N–H and O–H groups in total. The number of nitrogens with one attached hydrogen (secondary N) is 1. The molecule has 0 heterocycles. The van der Waals surface area contributed by atoms with E-state index in [9.17, 15) is 8.78 Å². The molecule has 2 atom stereocenters. The molecule has 76 valence electrons. The van der Waals surface area contributed by atoms with Crippen molar-refractivity contribution in [2.45, 2.75) is 13.0 Å². The third-order valence-electron chi connectivity index (χ3n) is 1.93. The first-order valence-electron chi connectivity index (χ1n) is 4.12. The highest BCUT2D eigenvalue weighted by Gasteiger charge is 2.14. The zero-order valence-electron chi connectivity index (χ0n) is 7.85. The molecule has 0 spiro atoms. The van der Waals surface area contributed by atoms with E-state index in [0.29, 0.717) is 5.56 Å². The van der Waals surface area contributed by atoms with Gasteiger partial charge in [0.15, 0.2) is 0 Å². The highest BCUT2D eigenvalue weighted by molar-refractivity contribution is 7.13. The van der Waals surface area contributed by atoms with Crippen molar-refractivity contribution in [1.82, 2.24) is 5.09 Å². The van der Waals surface area contributed by atoms with Gasteiger partial charge in [-0.05, 0) is 13.0 Å². The smallest absolute Gasteiger partial charge is 0.131 e. The summed E-state index contributed by atoms with van der Waals surface area (Å²) in [4.78, 5) is 0. The zero-order chi connectivity index (χ0) is 10.7. The van der Waals surface area contributed by atoms with E-state index < -0.39 is 11.6 Å². The van der Waals surface area contributed by atoms with Crippen molar-refractivity contribution in [1.29, 1.82) is 0 Å². The van der Waals surface area contributed by atoms with Crippen LogP contribution in [0.2, 0.25) is 0 Å². The predicted molar refractivity (Wildman–Crippen MR) is 56.8 cm³/mol. The molecule has 0 amide bonds. The van der Waals surface area contributed by atoms with Crippen LogP contribution in [0, 0.1) is 11.6 Å². The highest BCUT2D eigenvalue weighted by atomic mass is 31.0. The largest absolute Gasteiger partial charge is 0.290 e. The van der Waals surface area contributed by atoms with E-state index in [4.69, 9.17) is 0 Å². The quantitative estimate of drug-likeness (QED) is 0.603. The Kier molecular flexibility index (Phi) is 3.73. The average Bonchev–Trinajstić information content (AvgIpc) is 2.09. The Morgan fingerprint density at radius 3 is 2.57 bits per heavy atom. The summed E-state index contributed by atoms with van der Waals surface area (Å²) in [6.45, 7) is 5.51. The minimum absolute atomic E-state index is 0.305. The molecule has 14 heavy (non-hydrogen) atoms. The number of hydrogen-bond donors (Lipinski definition) is 1. The Labute approximate surface area is 84.5 Å². The average molecular weight is 215 g/mol. The number of rotatable bonds is 3. The van der Waals surface area contributed by atoms with Crippen LogP contribution >= 0.6 is 9.39 Å². The van der Waals surface area contributed by atoms with Gasteiger partial charge in [0.1, 0.15) is 11.6 Å². The van der Waals surface area contributed by atoms with Crippen molar-refractivity contribution in [2.24, 2.45) is 0 Å². The van der Waals surface area contributed by atoms with Crippen LogP contribution in [0.5, 0.6) is 0 Å². The molecular formula is C10H12F2NP. The first kappa shape index (κ1) is 11.3. The minimum atomic E-state index is -0.574. The number of benzene rings is 1. The molecule has 0 radical (unpaired) electrons. The number of hydrogen-bond acceptors (Lipinski definition) is 1. The van der Waals surface area contributed by atoms with Crippen molar-refractivity contribution in [2.75, 3.05) is 0 Å². The lowest BCUT2D eigenvalue weighted by Crippen LogP contribution is -2.13. The fourth-order valence-electron chi connectivity index (χ4n) is 1.23. The first-order chi connectivity index (χ1) is 6.56. The van der Waals surface area contributed by atoms with Crippen molar-refractivity contribution < 1.29 is 8.78 Å². The van der Waals surface area contributed by atoms with Gasteiger partial charge in [-0.25, -0.2) is 8.78 Å². The lowest BCUT2D eigenvalue weighted by atomic mass is 10.0. The fourth-order valence-corrected chi connectivity index (χ4v) is 1.70. The maximum Gasteiger partial charge on any atom is 0.131 e. The summed E-state index contributed by atoms with van der Waals surface area (Å²) in [5.41, 5.74) is 1.17. The Hall–Kier alpha value is -0.790. The van der Waals surface area contributed by atoms with Gasteiger partial charge in [-0.2, -0.15) is 0 Å². The van der Waals surface area contributed by atoms with Crippen LogP contribution in [-0.4, -0.2) is 0 Å². The second-order valence-electron chi connectivity index (χ2n) is 3.11. The molecule has 0 bridgehead atoms. The van der Waals surface area contributed by atoms with Crippen molar-refractivity contribution in [3.8, 4) is 0 Å². The van der Waals surface area contributed by atoms with Crippen LogP contribution in [0.15, 0.2) is 30.4 Å². The summed E-state index contributed by atoms with van der Waals surface area (Å²) in [5.74, 6) is -1.14. The summed E-state index contributed by atoms with van der Waals surface area (Å²) in [7, 11) is 2.30. The van der Waals surface area contributed by atoms with Gasteiger partial charge in [-0.15, -0.1) is 0 Å². The Bertz CT molecular complexity index is 352. The molecule has 1 aromatic carbocycles. The van der Waals surface area contributed by atoms with Gasteiger partial charge in [0.2, 0.25) is 0 Å². The normalized spacial score (nSPS) is 12.6. The monoisotopic (exact) mass is 215 g/mol. The van der Waals surface area contributed by atoms with Gasteiger partial charge < -0.3 is 0 Å². The lowest BCUT2D eigenvalue weighted by molar-refractivity contribution is 0.561.